The zero-order valence-electron chi connectivity index (χ0n) is 9.90. The van der Waals surface area contributed by atoms with E-state index in [1.165, 1.54) is 17.6 Å². The molecule has 0 aliphatic heterocycles. The van der Waals surface area contributed by atoms with Crippen LogP contribution in [0.15, 0.2) is 36.1 Å². The maximum Gasteiger partial charge on any atom is 0.118 e. The molecule has 0 amide bonds. The van der Waals surface area contributed by atoms with Gasteiger partial charge in [0.15, 0.2) is 0 Å². The van der Waals surface area contributed by atoms with Crippen molar-refractivity contribution in [1.82, 2.24) is 0 Å². The van der Waals surface area contributed by atoms with Crippen molar-refractivity contribution in [3.63, 3.8) is 0 Å². The maximum atomic E-state index is 5.16. The number of methoxy groups -OCH3 is 2. The number of rotatable bonds is 3. The first-order chi connectivity index (χ1) is 7.83. The summed E-state index contributed by atoms with van der Waals surface area (Å²) in [5, 5.41) is 0. The Hall–Kier alpha value is -1.44. The highest BCUT2D eigenvalue weighted by Crippen LogP contribution is 2.38. The Morgan fingerprint density at radius 2 is 1.94 bits per heavy atom. The van der Waals surface area contributed by atoms with Crippen LogP contribution in [-0.2, 0) is 4.74 Å². The summed E-state index contributed by atoms with van der Waals surface area (Å²) in [6, 6.07) is 8.40. The summed E-state index contributed by atoms with van der Waals surface area (Å²) in [5.41, 5.74) is 2.82. The highest BCUT2D eigenvalue weighted by molar-refractivity contribution is 5.31. The molecule has 16 heavy (non-hydrogen) atoms. The third-order valence-electron chi connectivity index (χ3n) is 3.19. The second kappa shape index (κ2) is 5.06. The van der Waals surface area contributed by atoms with Gasteiger partial charge >= 0.3 is 0 Å². The monoisotopic (exact) mass is 218 g/mol. The molecule has 1 fully saturated rings. The van der Waals surface area contributed by atoms with E-state index in [4.69, 9.17) is 9.47 Å². The van der Waals surface area contributed by atoms with Crippen LogP contribution in [0.5, 0.6) is 5.75 Å². The first kappa shape index (κ1) is 11.1. The molecule has 2 rings (SSSR count). The second-order valence-corrected chi connectivity index (χ2v) is 4.22. The van der Waals surface area contributed by atoms with Crippen molar-refractivity contribution < 1.29 is 9.47 Å². The molecule has 1 aromatic carbocycles. The molecule has 2 heteroatoms. The average Bonchev–Trinajstić information content (AvgIpc) is 2.78. The minimum absolute atomic E-state index is 0.646. The van der Waals surface area contributed by atoms with Gasteiger partial charge in [-0.15, -0.1) is 0 Å². The van der Waals surface area contributed by atoms with Crippen LogP contribution in [0, 0.1) is 0 Å². The maximum absolute atomic E-state index is 5.16. The first-order valence-corrected chi connectivity index (χ1v) is 5.68. The number of allylic oxidation sites excluding steroid dienone is 1. The van der Waals surface area contributed by atoms with Gasteiger partial charge in [-0.3, -0.25) is 0 Å². The Bertz CT molecular complexity index is 365. The van der Waals surface area contributed by atoms with E-state index in [-0.39, 0.29) is 0 Å². The Balaban J connectivity index is 2.05. The molecule has 86 valence electrons. The van der Waals surface area contributed by atoms with E-state index in [0.717, 1.165) is 18.6 Å². The summed E-state index contributed by atoms with van der Waals surface area (Å²) in [6.07, 6.45) is 5.40. The molecular weight excluding hydrogens is 200 g/mol. The van der Waals surface area contributed by atoms with Crippen molar-refractivity contribution in [3.8, 4) is 5.75 Å². The third kappa shape index (κ3) is 2.38. The van der Waals surface area contributed by atoms with E-state index in [1.807, 2.05) is 18.4 Å². The highest BCUT2D eigenvalue weighted by atomic mass is 16.5. The molecule has 0 spiro atoms. The molecule has 1 aromatic rings. The highest BCUT2D eigenvalue weighted by Gasteiger charge is 2.21. The Labute approximate surface area is 96.9 Å². The molecule has 0 aromatic heterocycles. The molecule has 0 radical (unpaired) electrons. The van der Waals surface area contributed by atoms with Crippen LogP contribution in [-0.4, -0.2) is 14.2 Å². The lowest BCUT2D eigenvalue weighted by Gasteiger charge is -2.09. The fraction of sp³-hybridized carbons (Fsp3) is 0.429. The lowest BCUT2D eigenvalue weighted by atomic mass is 9.97. The van der Waals surface area contributed by atoms with Crippen LogP contribution in [0.2, 0.25) is 0 Å². The number of hydrogen-bond acceptors (Lipinski definition) is 2. The fourth-order valence-electron chi connectivity index (χ4n) is 2.31. The van der Waals surface area contributed by atoms with Crippen molar-refractivity contribution in [2.24, 2.45) is 0 Å². The van der Waals surface area contributed by atoms with E-state index >= 15 is 0 Å². The minimum atomic E-state index is 0.646. The van der Waals surface area contributed by atoms with Crippen molar-refractivity contribution >= 4 is 0 Å². The predicted molar refractivity (Wildman–Crippen MR) is 64.7 cm³/mol. The molecular formula is C14H18O2. The van der Waals surface area contributed by atoms with Crippen LogP contribution < -0.4 is 4.74 Å². The van der Waals surface area contributed by atoms with Gasteiger partial charge in [0.2, 0.25) is 0 Å². The van der Waals surface area contributed by atoms with Gasteiger partial charge in [-0.1, -0.05) is 12.1 Å². The molecule has 0 saturated heterocycles. The average molecular weight is 218 g/mol. The zero-order valence-corrected chi connectivity index (χ0v) is 9.90. The second-order valence-electron chi connectivity index (χ2n) is 4.22. The number of ether oxygens (including phenoxy) is 2. The summed E-state index contributed by atoms with van der Waals surface area (Å²) in [7, 11) is 3.41. The van der Waals surface area contributed by atoms with Gasteiger partial charge in [0.25, 0.3) is 0 Å². The summed E-state index contributed by atoms with van der Waals surface area (Å²) in [5.74, 6) is 1.57. The third-order valence-corrected chi connectivity index (χ3v) is 3.19. The van der Waals surface area contributed by atoms with Crippen molar-refractivity contribution in [2.75, 3.05) is 14.2 Å². The van der Waals surface area contributed by atoms with Crippen LogP contribution >= 0.6 is 0 Å². The molecule has 0 bridgehead atoms. The molecule has 0 heterocycles. The van der Waals surface area contributed by atoms with Gasteiger partial charge in [0, 0.05) is 0 Å². The van der Waals surface area contributed by atoms with Gasteiger partial charge in [-0.05, 0) is 48.4 Å². The van der Waals surface area contributed by atoms with Crippen molar-refractivity contribution in [3.05, 3.63) is 41.7 Å². The summed E-state index contributed by atoms with van der Waals surface area (Å²) in [6.45, 7) is 0. The quantitative estimate of drug-likeness (QED) is 0.723. The largest absolute Gasteiger partial charge is 0.504 e. The molecule has 1 saturated carbocycles. The Kier molecular flexibility index (Phi) is 3.50. The summed E-state index contributed by atoms with van der Waals surface area (Å²) >= 11 is 0. The minimum Gasteiger partial charge on any atom is -0.504 e. The van der Waals surface area contributed by atoms with Crippen LogP contribution in [0.3, 0.4) is 0 Å². The molecule has 1 aliphatic carbocycles. The lowest BCUT2D eigenvalue weighted by molar-refractivity contribution is 0.332. The first-order valence-electron chi connectivity index (χ1n) is 5.68. The SMILES string of the molecule is COC=C1CCC(c2ccc(OC)cc2)C1. The fourth-order valence-corrected chi connectivity index (χ4v) is 2.31. The Morgan fingerprint density at radius 1 is 1.19 bits per heavy atom. The van der Waals surface area contributed by atoms with Crippen LogP contribution in [0.25, 0.3) is 0 Å². The van der Waals surface area contributed by atoms with Gasteiger partial charge in [-0.2, -0.15) is 0 Å². The molecule has 1 unspecified atom stereocenters. The van der Waals surface area contributed by atoms with Gasteiger partial charge in [0.1, 0.15) is 5.75 Å². The number of hydrogen-bond donors (Lipinski definition) is 0. The molecule has 2 nitrogen and oxygen atoms in total. The van der Waals surface area contributed by atoms with Gasteiger partial charge < -0.3 is 9.47 Å². The van der Waals surface area contributed by atoms with E-state index in [1.54, 1.807) is 14.2 Å². The molecule has 0 N–H and O–H groups in total. The van der Waals surface area contributed by atoms with E-state index < -0.39 is 0 Å². The van der Waals surface area contributed by atoms with E-state index in [0.29, 0.717) is 5.92 Å². The zero-order chi connectivity index (χ0) is 11.4. The summed E-state index contributed by atoms with van der Waals surface area (Å²) in [4.78, 5) is 0. The van der Waals surface area contributed by atoms with Crippen molar-refractivity contribution in [1.29, 1.82) is 0 Å². The normalized spacial score (nSPS) is 22.4. The number of benzene rings is 1. The van der Waals surface area contributed by atoms with Crippen LogP contribution in [0.1, 0.15) is 30.7 Å². The smallest absolute Gasteiger partial charge is 0.118 e. The van der Waals surface area contributed by atoms with E-state index in [2.05, 4.69) is 12.1 Å². The van der Waals surface area contributed by atoms with E-state index in [9.17, 15) is 0 Å². The van der Waals surface area contributed by atoms with Crippen molar-refractivity contribution in [2.45, 2.75) is 25.2 Å². The van der Waals surface area contributed by atoms with Gasteiger partial charge in [-0.25, -0.2) is 0 Å². The Morgan fingerprint density at radius 3 is 2.56 bits per heavy atom. The molecule has 1 atom stereocenters. The van der Waals surface area contributed by atoms with Crippen LogP contribution in [0.4, 0.5) is 0 Å². The van der Waals surface area contributed by atoms with Gasteiger partial charge in [0.05, 0.1) is 20.5 Å². The summed E-state index contributed by atoms with van der Waals surface area (Å²) < 4.78 is 10.2. The standard InChI is InChI=1S/C14H18O2/c1-15-10-11-3-4-13(9-11)12-5-7-14(16-2)8-6-12/h5-8,10,13H,3-4,9H2,1-2H3. The predicted octanol–water partition coefficient (Wildman–Crippen LogP) is 3.49. The lowest BCUT2D eigenvalue weighted by Crippen LogP contribution is -1.92. The molecule has 1 aliphatic rings. The topological polar surface area (TPSA) is 18.5 Å².